The minimum Gasteiger partial charge on any atom is -0.493 e. The first-order chi connectivity index (χ1) is 12.2. The summed E-state index contributed by atoms with van der Waals surface area (Å²) in [5.74, 6) is 1.41. The Kier molecular flexibility index (Phi) is 4.90. The maximum Gasteiger partial charge on any atom is 0.339 e. The van der Waals surface area contributed by atoms with E-state index in [1.807, 2.05) is 23.3 Å². The normalized spacial score (nSPS) is 20.7. The molecule has 0 saturated heterocycles. The van der Waals surface area contributed by atoms with Crippen molar-refractivity contribution in [3.05, 3.63) is 48.0 Å². The van der Waals surface area contributed by atoms with Crippen LogP contribution in [-0.2, 0) is 9.47 Å². The topological polar surface area (TPSA) is 96.6 Å². The number of fused-ring (bicyclic) bond motifs is 1. The lowest BCUT2D eigenvalue weighted by molar-refractivity contribution is 0.0600. The molecule has 0 bridgehead atoms. The number of pyridine rings is 1. The number of aliphatic hydroxyl groups is 1. The van der Waals surface area contributed by atoms with Crippen LogP contribution >= 0.6 is 0 Å². The SMILES string of the molecule is COC(=O)c1ccc(N=C2N=C3C(OC)=CC=CN3CC2CO)nc1. The molecular formula is C17H18N4O4. The van der Waals surface area contributed by atoms with Crippen LogP contribution < -0.4 is 0 Å². The van der Waals surface area contributed by atoms with Crippen LogP contribution in [0.2, 0.25) is 0 Å². The fourth-order valence-electron chi connectivity index (χ4n) is 2.53. The van der Waals surface area contributed by atoms with E-state index in [4.69, 9.17) is 4.74 Å². The third kappa shape index (κ3) is 3.43. The van der Waals surface area contributed by atoms with Crippen molar-refractivity contribution < 1.29 is 19.4 Å². The van der Waals surface area contributed by atoms with Crippen LogP contribution in [0.5, 0.6) is 0 Å². The maximum atomic E-state index is 11.5. The van der Waals surface area contributed by atoms with Gasteiger partial charge in [0.15, 0.2) is 17.4 Å². The van der Waals surface area contributed by atoms with E-state index in [0.717, 1.165) is 0 Å². The third-order valence-corrected chi connectivity index (χ3v) is 3.85. The number of esters is 1. The standard InChI is InChI=1S/C17H18N4O4/c1-24-13-4-3-7-21-9-12(10-22)15(20-16(13)21)19-14-6-5-11(8-18-14)17(23)25-2/h3-8,12,22H,9-10H2,1-2H3. The summed E-state index contributed by atoms with van der Waals surface area (Å²) in [6.45, 7) is 0.442. The number of methoxy groups -OCH3 is 2. The molecular weight excluding hydrogens is 324 g/mol. The molecule has 2 aliphatic heterocycles. The summed E-state index contributed by atoms with van der Waals surface area (Å²) in [5.41, 5.74) is 0.341. The number of aromatic nitrogens is 1. The molecule has 0 spiro atoms. The third-order valence-electron chi connectivity index (χ3n) is 3.85. The number of rotatable bonds is 4. The molecule has 1 N–H and O–H groups in total. The summed E-state index contributed by atoms with van der Waals surface area (Å²) in [5, 5.41) is 9.67. The number of ether oxygens (including phenoxy) is 2. The lowest BCUT2D eigenvalue weighted by Crippen LogP contribution is -2.42. The molecule has 0 radical (unpaired) electrons. The molecule has 8 nitrogen and oxygen atoms in total. The van der Waals surface area contributed by atoms with E-state index >= 15 is 0 Å². The minimum atomic E-state index is -0.461. The van der Waals surface area contributed by atoms with E-state index in [-0.39, 0.29) is 12.5 Å². The number of carbonyl (C=O) groups is 1. The zero-order valence-corrected chi connectivity index (χ0v) is 13.9. The van der Waals surface area contributed by atoms with E-state index < -0.39 is 5.97 Å². The largest absolute Gasteiger partial charge is 0.493 e. The van der Waals surface area contributed by atoms with Gasteiger partial charge >= 0.3 is 5.97 Å². The Labute approximate surface area is 144 Å². The van der Waals surface area contributed by atoms with Crippen molar-refractivity contribution in [1.29, 1.82) is 0 Å². The molecule has 0 fully saturated rings. The number of carbonyl (C=O) groups excluding carboxylic acids is 1. The van der Waals surface area contributed by atoms with Gasteiger partial charge in [0.1, 0.15) is 5.84 Å². The molecule has 0 aromatic carbocycles. The van der Waals surface area contributed by atoms with Crippen molar-refractivity contribution >= 4 is 23.5 Å². The molecule has 25 heavy (non-hydrogen) atoms. The molecule has 130 valence electrons. The van der Waals surface area contributed by atoms with Gasteiger partial charge < -0.3 is 19.5 Å². The summed E-state index contributed by atoms with van der Waals surface area (Å²) in [4.78, 5) is 26.5. The summed E-state index contributed by atoms with van der Waals surface area (Å²) in [6, 6.07) is 3.19. The number of nitrogens with zero attached hydrogens (tertiary/aromatic N) is 4. The first kappa shape index (κ1) is 16.8. The average Bonchev–Trinajstić information content (AvgIpc) is 2.66. The molecule has 1 atom stereocenters. The van der Waals surface area contributed by atoms with Crippen LogP contribution in [0, 0.1) is 5.92 Å². The van der Waals surface area contributed by atoms with E-state index in [1.54, 1.807) is 19.2 Å². The molecule has 0 amide bonds. The molecule has 3 rings (SSSR count). The Bertz CT molecular complexity index is 780. The van der Waals surface area contributed by atoms with Crippen LogP contribution in [0.3, 0.4) is 0 Å². The lowest BCUT2D eigenvalue weighted by atomic mass is 10.1. The molecule has 2 aliphatic rings. The molecule has 0 saturated carbocycles. The van der Waals surface area contributed by atoms with Gasteiger partial charge in [-0.15, -0.1) is 0 Å². The van der Waals surface area contributed by atoms with E-state index in [2.05, 4.69) is 19.7 Å². The Hall–Kier alpha value is -3.00. The van der Waals surface area contributed by atoms with Crippen LogP contribution in [0.4, 0.5) is 5.82 Å². The van der Waals surface area contributed by atoms with Gasteiger partial charge in [0.05, 0.1) is 32.3 Å². The predicted octanol–water partition coefficient (Wildman–Crippen LogP) is 1.28. The van der Waals surface area contributed by atoms with Crippen LogP contribution in [0.25, 0.3) is 0 Å². The van der Waals surface area contributed by atoms with Gasteiger partial charge in [0, 0.05) is 18.9 Å². The fraction of sp³-hybridized carbons (Fsp3) is 0.294. The summed E-state index contributed by atoms with van der Waals surface area (Å²) in [7, 11) is 2.89. The van der Waals surface area contributed by atoms with Crippen LogP contribution in [0.15, 0.2) is 52.4 Å². The summed E-state index contributed by atoms with van der Waals surface area (Å²) >= 11 is 0. The van der Waals surface area contributed by atoms with Crippen molar-refractivity contribution in [3.8, 4) is 0 Å². The van der Waals surface area contributed by atoms with Gasteiger partial charge in [0.2, 0.25) is 0 Å². The molecule has 0 aliphatic carbocycles. The zero-order valence-electron chi connectivity index (χ0n) is 13.9. The Balaban J connectivity index is 1.93. The second-order valence-corrected chi connectivity index (χ2v) is 5.41. The number of aliphatic imine (C=N–C) groups is 2. The Morgan fingerprint density at radius 1 is 1.44 bits per heavy atom. The van der Waals surface area contributed by atoms with Gasteiger partial charge in [-0.1, -0.05) is 0 Å². The van der Waals surface area contributed by atoms with Gasteiger partial charge in [-0.2, -0.15) is 0 Å². The quantitative estimate of drug-likeness (QED) is 0.828. The molecule has 1 aromatic rings. The monoisotopic (exact) mass is 342 g/mol. The highest BCUT2D eigenvalue weighted by atomic mass is 16.5. The first-order valence-corrected chi connectivity index (χ1v) is 7.68. The van der Waals surface area contributed by atoms with E-state index in [0.29, 0.717) is 35.4 Å². The van der Waals surface area contributed by atoms with Gasteiger partial charge in [-0.25, -0.2) is 19.8 Å². The second kappa shape index (κ2) is 7.27. The summed E-state index contributed by atoms with van der Waals surface area (Å²) in [6.07, 6.45) is 6.95. The van der Waals surface area contributed by atoms with Crippen molar-refractivity contribution in [2.45, 2.75) is 0 Å². The zero-order chi connectivity index (χ0) is 17.8. The molecule has 1 aromatic heterocycles. The number of allylic oxidation sites excluding steroid dienone is 2. The van der Waals surface area contributed by atoms with E-state index in [1.165, 1.54) is 13.3 Å². The Morgan fingerprint density at radius 2 is 2.28 bits per heavy atom. The maximum absolute atomic E-state index is 11.5. The highest BCUT2D eigenvalue weighted by Crippen LogP contribution is 2.22. The first-order valence-electron chi connectivity index (χ1n) is 7.68. The predicted molar refractivity (Wildman–Crippen MR) is 91.6 cm³/mol. The van der Waals surface area contributed by atoms with Crippen molar-refractivity contribution in [2.75, 3.05) is 27.4 Å². The van der Waals surface area contributed by atoms with Crippen molar-refractivity contribution in [3.63, 3.8) is 0 Å². The van der Waals surface area contributed by atoms with E-state index in [9.17, 15) is 9.90 Å². The van der Waals surface area contributed by atoms with Gasteiger partial charge in [-0.05, 0) is 24.3 Å². The number of amidine groups is 2. The van der Waals surface area contributed by atoms with Crippen LogP contribution in [-0.4, -0.2) is 60.0 Å². The number of hydrogen-bond acceptors (Lipinski definition) is 7. The van der Waals surface area contributed by atoms with Crippen LogP contribution in [0.1, 0.15) is 10.4 Å². The average molecular weight is 342 g/mol. The molecule has 3 heterocycles. The van der Waals surface area contributed by atoms with Crippen molar-refractivity contribution in [1.82, 2.24) is 9.88 Å². The highest BCUT2D eigenvalue weighted by molar-refractivity contribution is 6.09. The smallest absolute Gasteiger partial charge is 0.339 e. The van der Waals surface area contributed by atoms with Gasteiger partial charge in [0.25, 0.3) is 0 Å². The fourth-order valence-corrected chi connectivity index (χ4v) is 2.53. The molecule has 8 heteroatoms. The van der Waals surface area contributed by atoms with Crippen molar-refractivity contribution in [2.24, 2.45) is 15.9 Å². The molecule has 1 unspecified atom stereocenters. The lowest BCUT2D eigenvalue weighted by Gasteiger charge is -2.33. The second-order valence-electron chi connectivity index (χ2n) is 5.41. The summed E-state index contributed by atoms with van der Waals surface area (Å²) < 4.78 is 9.98. The highest BCUT2D eigenvalue weighted by Gasteiger charge is 2.30. The minimum absolute atomic E-state index is 0.0910. The number of aliphatic hydroxyl groups excluding tert-OH is 1. The number of hydrogen-bond donors (Lipinski definition) is 1. The Morgan fingerprint density at radius 3 is 2.92 bits per heavy atom. The van der Waals surface area contributed by atoms with Gasteiger partial charge in [-0.3, -0.25) is 0 Å².